The van der Waals surface area contributed by atoms with Gasteiger partial charge in [0.2, 0.25) is 0 Å². The van der Waals surface area contributed by atoms with Gasteiger partial charge < -0.3 is 5.11 Å². The molecule has 190 valence electrons. The molecule has 1 N–H and O–H groups in total. The quantitative estimate of drug-likeness (QED) is 0.527. The molecule has 0 spiro atoms. The molecule has 0 unspecified atom stereocenters. The zero-order valence-corrected chi connectivity index (χ0v) is 22.7. The van der Waals surface area contributed by atoms with Gasteiger partial charge in [0.05, 0.1) is 5.60 Å². The molecule has 34 heavy (non-hydrogen) atoms. The highest BCUT2D eigenvalue weighted by atomic mass is 16.3. The number of aliphatic hydroxyl groups is 1. The summed E-state index contributed by atoms with van der Waals surface area (Å²) in [5.41, 5.74) is -2.25. The fraction of sp³-hybridized carbons (Fsp3) is 0.900. The zero-order valence-electron chi connectivity index (χ0n) is 22.7. The van der Waals surface area contributed by atoms with Crippen molar-refractivity contribution in [3.05, 3.63) is 0 Å². The lowest BCUT2D eigenvalue weighted by Crippen LogP contribution is -2.69. The van der Waals surface area contributed by atoms with Crippen LogP contribution in [0, 0.1) is 56.7 Å². The van der Waals surface area contributed by atoms with Gasteiger partial charge in [-0.05, 0) is 85.4 Å². The summed E-state index contributed by atoms with van der Waals surface area (Å²) in [7, 11) is 0. The predicted molar refractivity (Wildman–Crippen MR) is 132 cm³/mol. The van der Waals surface area contributed by atoms with E-state index in [-0.39, 0.29) is 51.0 Å². The first kappa shape index (κ1) is 24.7. The Bertz CT molecular complexity index is 957. The Morgan fingerprint density at radius 1 is 0.765 bits per heavy atom. The lowest BCUT2D eigenvalue weighted by molar-refractivity contribution is -0.229. The van der Waals surface area contributed by atoms with Crippen LogP contribution < -0.4 is 0 Å². The molecule has 0 aromatic heterocycles. The van der Waals surface area contributed by atoms with Gasteiger partial charge in [-0.1, -0.05) is 41.5 Å². The van der Waals surface area contributed by atoms with Crippen LogP contribution in [0.1, 0.15) is 107 Å². The average Bonchev–Trinajstić information content (AvgIpc) is 3.05. The van der Waals surface area contributed by atoms with E-state index in [0.717, 1.165) is 32.1 Å². The van der Waals surface area contributed by atoms with E-state index in [1.165, 1.54) is 0 Å². The van der Waals surface area contributed by atoms with Crippen LogP contribution in [0.2, 0.25) is 0 Å². The van der Waals surface area contributed by atoms with Crippen LogP contribution in [0.3, 0.4) is 0 Å². The van der Waals surface area contributed by atoms with Gasteiger partial charge in [0.15, 0.2) is 0 Å². The molecule has 0 heterocycles. The van der Waals surface area contributed by atoms with Crippen molar-refractivity contribution >= 4 is 17.3 Å². The summed E-state index contributed by atoms with van der Waals surface area (Å²) in [5, 5.41) is 10.9. The maximum atomic E-state index is 14.0. The van der Waals surface area contributed by atoms with Gasteiger partial charge in [-0.3, -0.25) is 14.4 Å². The largest absolute Gasteiger partial charge is 0.390 e. The van der Waals surface area contributed by atoms with Crippen LogP contribution in [0.4, 0.5) is 0 Å². The van der Waals surface area contributed by atoms with E-state index in [9.17, 15) is 19.5 Å². The molecule has 0 aromatic carbocycles. The number of Topliss-reactive ketones (excluding diaryl/α,β-unsaturated/α-hetero) is 3. The van der Waals surface area contributed by atoms with E-state index in [2.05, 4.69) is 27.7 Å². The number of hydrogen-bond donors (Lipinski definition) is 1. The molecule has 0 aliphatic heterocycles. The van der Waals surface area contributed by atoms with Crippen molar-refractivity contribution in [2.75, 3.05) is 0 Å². The number of ketones is 3. The van der Waals surface area contributed by atoms with E-state index in [1.807, 2.05) is 27.7 Å². The van der Waals surface area contributed by atoms with E-state index in [1.54, 1.807) is 0 Å². The minimum atomic E-state index is -0.853. The molecule has 5 aliphatic rings. The molecule has 0 amide bonds. The highest BCUT2D eigenvalue weighted by molar-refractivity contribution is 5.95. The highest BCUT2D eigenvalue weighted by Crippen LogP contribution is 2.76. The van der Waals surface area contributed by atoms with Crippen LogP contribution in [0.5, 0.6) is 0 Å². The van der Waals surface area contributed by atoms with Crippen molar-refractivity contribution in [2.24, 2.45) is 56.7 Å². The molecule has 0 radical (unpaired) electrons. The zero-order chi connectivity index (χ0) is 25.3. The van der Waals surface area contributed by atoms with Crippen molar-refractivity contribution in [2.45, 2.75) is 112 Å². The van der Waals surface area contributed by atoms with E-state index in [0.29, 0.717) is 36.9 Å². The summed E-state index contributed by atoms with van der Waals surface area (Å²) >= 11 is 0. The molecule has 0 bridgehead atoms. The van der Waals surface area contributed by atoms with Gasteiger partial charge in [0.25, 0.3) is 0 Å². The Kier molecular flexibility index (Phi) is 4.96. The molecule has 4 heteroatoms. The fourth-order valence-electron chi connectivity index (χ4n) is 11.4. The lowest BCUT2D eigenvalue weighted by Gasteiger charge is -2.71. The second-order valence-corrected chi connectivity index (χ2v) is 15.2. The first-order chi connectivity index (χ1) is 15.4. The Morgan fingerprint density at radius 2 is 1.29 bits per heavy atom. The van der Waals surface area contributed by atoms with Gasteiger partial charge in [0.1, 0.15) is 17.3 Å². The Morgan fingerprint density at radius 3 is 1.85 bits per heavy atom. The number of rotatable bonds is 1. The number of carbonyl (C=O) groups excluding carboxylic acids is 3. The van der Waals surface area contributed by atoms with E-state index in [4.69, 9.17) is 0 Å². The molecule has 5 aliphatic carbocycles. The topological polar surface area (TPSA) is 71.4 Å². The second-order valence-electron chi connectivity index (χ2n) is 15.2. The van der Waals surface area contributed by atoms with Crippen molar-refractivity contribution < 1.29 is 19.5 Å². The summed E-state index contributed by atoms with van der Waals surface area (Å²) in [6.07, 6.45) is 6.41. The molecule has 0 saturated heterocycles. The Balaban J connectivity index is 1.60. The predicted octanol–water partition coefficient (Wildman–Crippen LogP) is 5.79. The standard InChI is InChI=1S/C30H46O4/c1-25(2)22(33)12-14-28(6)21-10-9-20-27(5)13-11-17(26(3,4)34)23(27)18(31)15-29(20,7)30(21,8)16-19(32)24(25)28/h17,20-21,23-24,34H,9-16H2,1-8H3/t17-,20-,21-,23-,24+,27-,28-,29-,30-/m1/s1. The molecule has 4 nitrogen and oxygen atoms in total. The van der Waals surface area contributed by atoms with Gasteiger partial charge in [-0.15, -0.1) is 0 Å². The van der Waals surface area contributed by atoms with Gasteiger partial charge in [-0.25, -0.2) is 0 Å². The number of fused-ring (bicyclic) bond motifs is 7. The number of carbonyl (C=O) groups is 3. The molecular formula is C30H46O4. The maximum absolute atomic E-state index is 14.0. The Hall–Kier alpha value is -1.03. The third kappa shape index (κ3) is 2.73. The first-order valence-corrected chi connectivity index (χ1v) is 13.8. The van der Waals surface area contributed by atoms with Crippen molar-refractivity contribution in [1.82, 2.24) is 0 Å². The van der Waals surface area contributed by atoms with Gasteiger partial charge >= 0.3 is 0 Å². The van der Waals surface area contributed by atoms with E-state index >= 15 is 0 Å². The first-order valence-electron chi connectivity index (χ1n) is 13.8. The minimum Gasteiger partial charge on any atom is -0.390 e. The third-order valence-electron chi connectivity index (χ3n) is 12.9. The smallest absolute Gasteiger partial charge is 0.139 e. The molecule has 9 atom stereocenters. The summed E-state index contributed by atoms with van der Waals surface area (Å²) in [6, 6.07) is 0. The van der Waals surface area contributed by atoms with E-state index < -0.39 is 11.0 Å². The normalized spacial score (nSPS) is 52.5. The highest BCUT2D eigenvalue weighted by Gasteiger charge is 2.74. The van der Waals surface area contributed by atoms with Crippen molar-refractivity contribution in [3.63, 3.8) is 0 Å². The molecule has 0 aromatic rings. The maximum Gasteiger partial charge on any atom is 0.139 e. The van der Waals surface area contributed by atoms with Crippen LogP contribution in [0.25, 0.3) is 0 Å². The summed E-state index contributed by atoms with van der Waals surface area (Å²) in [6.45, 7) is 17.0. The average molecular weight is 471 g/mol. The third-order valence-corrected chi connectivity index (χ3v) is 12.9. The van der Waals surface area contributed by atoms with Crippen molar-refractivity contribution in [1.29, 1.82) is 0 Å². The fourth-order valence-corrected chi connectivity index (χ4v) is 11.4. The second kappa shape index (κ2) is 6.84. The van der Waals surface area contributed by atoms with Crippen LogP contribution in [-0.2, 0) is 14.4 Å². The molecule has 5 fully saturated rings. The van der Waals surface area contributed by atoms with Crippen LogP contribution in [0.15, 0.2) is 0 Å². The SMILES string of the molecule is CC(C)(O)[C@@H]1CC[C@]2(C)[C@H]3CC[C@@H]4[C@@]5(C)CCC(=O)C(C)(C)[C@@H]5C(=O)C[C@@]4(C)[C@]3(C)CC(=O)[C@@H]12. The molecular weight excluding hydrogens is 424 g/mol. The molecule has 5 rings (SSSR count). The summed E-state index contributed by atoms with van der Waals surface area (Å²) in [4.78, 5) is 40.8. The van der Waals surface area contributed by atoms with Gasteiger partial charge in [0, 0.05) is 36.5 Å². The minimum absolute atomic E-state index is 0.0140. The van der Waals surface area contributed by atoms with Crippen LogP contribution in [-0.4, -0.2) is 28.1 Å². The van der Waals surface area contributed by atoms with Crippen LogP contribution >= 0.6 is 0 Å². The summed E-state index contributed by atoms with van der Waals surface area (Å²) in [5.74, 6) is 1.23. The lowest BCUT2D eigenvalue weighted by atomic mass is 9.31. The monoisotopic (exact) mass is 470 g/mol. The Labute approximate surface area is 206 Å². The summed E-state index contributed by atoms with van der Waals surface area (Å²) < 4.78 is 0. The molecule has 5 saturated carbocycles. The number of hydrogen-bond acceptors (Lipinski definition) is 4. The van der Waals surface area contributed by atoms with Gasteiger partial charge in [-0.2, -0.15) is 0 Å². The van der Waals surface area contributed by atoms with Crippen molar-refractivity contribution in [3.8, 4) is 0 Å².